The van der Waals surface area contributed by atoms with Gasteiger partial charge in [-0.15, -0.1) is 0 Å². The highest BCUT2D eigenvalue weighted by Gasteiger charge is 2.15. The molecule has 0 aliphatic carbocycles. The first-order chi connectivity index (χ1) is 12.1. The van der Waals surface area contributed by atoms with E-state index in [1.54, 1.807) is 31.3 Å². The van der Waals surface area contributed by atoms with Gasteiger partial charge in [-0.25, -0.2) is 4.79 Å². The van der Waals surface area contributed by atoms with Gasteiger partial charge in [0.2, 0.25) is 11.2 Å². The van der Waals surface area contributed by atoms with E-state index in [0.717, 1.165) is 0 Å². The van der Waals surface area contributed by atoms with Gasteiger partial charge in [0.25, 0.3) is 0 Å². The quantitative estimate of drug-likeness (QED) is 0.767. The van der Waals surface area contributed by atoms with Crippen LogP contribution < -0.4 is 10.2 Å². The molecule has 1 N–H and O–H groups in total. The number of carboxylic acids is 1. The van der Waals surface area contributed by atoms with Crippen LogP contribution in [0.3, 0.4) is 0 Å². The van der Waals surface area contributed by atoms with Crippen LogP contribution in [0.5, 0.6) is 5.75 Å². The lowest BCUT2D eigenvalue weighted by molar-refractivity contribution is 0.0697. The molecule has 0 bridgehead atoms. The van der Waals surface area contributed by atoms with Crippen LogP contribution in [0.1, 0.15) is 28.7 Å². The third kappa shape index (κ3) is 3.42. The second-order valence-corrected chi connectivity index (χ2v) is 5.16. The van der Waals surface area contributed by atoms with Gasteiger partial charge in [0.05, 0.1) is 23.3 Å². The lowest BCUT2D eigenvalue weighted by Crippen LogP contribution is -2.11. The van der Waals surface area contributed by atoms with Crippen LogP contribution in [0, 0.1) is 0 Å². The van der Waals surface area contributed by atoms with Gasteiger partial charge in [0.1, 0.15) is 5.58 Å². The van der Waals surface area contributed by atoms with Crippen molar-refractivity contribution in [2.75, 3.05) is 6.61 Å². The van der Waals surface area contributed by atoms with Crippen molar-refractivity contribution in [2.45, 2.75) is 6.92 Å². The normalized spacial score (nSPS) is 11.1. The first-order valence-electron chi connectivity index (χ1n) is 7.66. The van der Waals surface area contributed by atoms with E-state index in [9.17, 15) is 9.59 Å². The Hall–Kier alpha value is -3.41. The number of fused-ring (bicyclic) bond motifs is 1. The molecule has 2 heterocycles. The van der Waals surface area contributed by atoms with Crippen LogP contribution in [0.25, 0.3) is 23.1 Å². The highest BCUT2D eigenvalue weighted by atomic mass is 16.5. The second-order valence-electron chi connectivity index (χ2n) is 5.16. The van der Waals surface area contributed by atoms with Crippen LogP contribution in [-0.2, 0) is 0 Å². The number of carboxylic acid groups (broad SMARTS) is 1. The highest BCUT2D eigenvalue weighted by Crippen LogP contribution is 2.24. The smallest absolute Gasteiger partial charge is 0.335 e. The number of benzene rings is 1. The Morgan fingerprint density at radius 2 is 2.12 bits per heavy atom. The van der Waals surface area contributed by atoms with Crippen molar-refractivity contribution in [1.82, 2.24) is 4.98 Å². The summed E-state index contributed by atoms with van der Waals surface area (Å²) < 4.78 is 11.2. The lowest BCUT2D eigenvalue weighted by atomic mass is 10.1. The van der Waals surface area contributed by atoms with Crippen LogP contribution in [0.2, 0.25) is 0 Å². The number of carbonyl (C=O) groups is 1. The van der Waals surface area contributed by atoms with Gasteiger partial charge in [0.15, 0.2) is 5.76 Å². The van der Waals surface area contributed by atoms with E-state index in [2.05, 4.69) is 4.98 Å². The predicted molar refractivity (Wildman–Crippen MR) is 93.8 cm³/mol. The van der Waals surface area contributed by atoms with Crippen molar-refractivity contribution in [2.24, 2.45) is 0 Å². The summed E-state index contributed by atoms with van der Waals surface area (Å²) in [5.41, 5.74) is 0.596. The van der Waals surface area contributed by atoms with Gasteiger partial charge in [0, 0.05) is 6.20 Å². The van der Waals surface area contributed by atoms with Crippen molar-refractivity contribution in [3.63, 3.8) is 0 Å². The maximum Gasteiger partial charge on any atom is 0.335 e. The number of hydrogen-bond donors (Lipinski definition) is 1. The molecule has 6 heteroatoms. The summed E-state index contributed by atoms with van der Waals surface area (Å²) in [6.45, 7) is 2.03. The minimum atomic E-state index is -1.11. The molecule has 1 aromatic carbocycles. The van der Waals surface area contributed by atoms with Crippen LogP contribution in [0.4, 0.5) is 0 Å². The minimum Gasteiger partial charge on any atom is -0.487 e. The zero-order chi connectivity index (χ0) is 17.8. The van der Waals surface area contributed by atoms with E-state index in [1.165, 1.54) is 18.2 Å². The van der Waals surface area contributed by atoms with Crippen LogP contribution in [0.15, 0.2) is 51.8 Å². The second kappa shape index (κ2) is 7.00. The fourth-order valence-electron chi connectivity index (χ4n) is 2.35. The maximum absolute atomic E-state index is 12.7. The summed E-state index contributed by atoms with van der Waals surface area (Å²) in [6, 6.07) is 9.61. The molecule has 3 rings (SSSR count). The third-order valence-corrected chi connectivity index (χ3v) is 3.50. The van der Waals surface area contributed by atoms with Crippen LogP contribution in [-0.4, -0.2) is 22.7 Å². The Balaban J connectivity index is 2.16. The summed E-state index contributed by atoms with van der Waals surface area (Å²) in [5, 5.41) is 9.26. The molecular formula is C19H15NO5. The molecule has 0 aliphatic rings. The Labute approximate surface area is 143 Å². The van der Waals surface area contributed by atoms with Gasteiger partial charge < -0.3 is 14.3 Å². The molecule has 0 amide bonds. The fraction of sp³-hybridized carbons (Fsp3) is 0.105. The van der Waals surface area contributed by atoms with Crippen molar-refractivity contribution >= 4 is 29.1 Å². The summed E-state index contributed by atoms with van der Waals surface area (Å²) in [6.07, 6.45) is 4.98. The van der Waals surface area contributed by atoms with Crippen molar-refractivity contribution in [1.29, 1.82) is 0 Å². The number of pyridine rings is 1. The van der Waals surface area contributed by atoms with E-state index in [1.807, 2.05) is 12.1 Å². The Morgan fingerprint density at radius 1 is 1.28 bits per heavy atom. The number of aromatic nitrogens is 1. The van der Waals surface area contributed by atoms with Gasteiger partial charge in [-0.05, 0) is 49.4 Å². The SMILES string of the molecule is CCOc1c(C=Cc2ccccn2)oc2ccc(C(=O)O)cc2c1=O. The highest BCUT2D eigenvalue weighted by molar-refractivity contribution is 5.93. The van der Waals surface area contributed by atoms with Crippen LogP contribution >= 0.6 is 0 Å². The number of nitrogens with zero attached hydrogens (tertiary/aromatic N) is 1. The summed E-state index contributed by atoms with van der Waals surface area (Å²) in [4.78, 5) is 28.0. The third-order valence-electron chi connectivity index (χ3n) is 3.50. The fourth-order valence-corrected chi connectivity index (χ4v) is 2.35. The molecule has 0 spiro atoms. The monoisotopic (exact) mass is 337 g/mol. The zero-order valence-corrected chi connectivity index (χ0v) is 13.4. The molecule has 2 aromatic heterocycles. The predicted octanol–water partition coefficient (Wildman–Crippen LogP) is 3.46. The molecule has 0 saturated carbocycles. The molecule has 0 atom stereocenters. The van der Waals surface area contributed by atoms with Gasteiger partial charge >= 0.3 is 5.97 Å². The molecular weight excluding hydrogens is 322 g/mol. The first kappa shape index (κ1) is 16.4. The minimum absolute atomic E-state index is 0.0130. The van der Waals surface area contributed by atoms with Gasteiger partial charge in [-0.3, -0.25) is 9.78 Å². The average molecular weight is 337 g/mol. The molecule has 0 aliphatic heterocycles. The molecule has 25 heavy (non-hydrogen) atoms. The van der Waals surface area contributed by atoms with E-state index in [4.69, 9.17) is 14.3 Å². The largest absolute Gasteiger partial charge is 0.487 e. The average Bonchev–Trinajstić information content (AvgIpc) is 2.63. The van der Waals surface area contributed by atoms with E-state index < -0.39 is 11.4 Å². The van der Waals surface area contributed by atoms with E-state index >= 15 is 0 Å². The van der Waals surface area contributed by atoms with Gasteiger partial charge in [-0.1, -0.05) is 6.07 Å². The number of rotatable bonds is 5. The number of ether oxygens (including phenoxy) is 1. The standard InChI is InChI=1S/C19H15NO5/c1-2-24-18-16(9-7-13-5-3-4-10-20-13)25-15-8-6-12(19(22)23)11-14(15)17(18)21/h3-11H,2H2,1H3,(H,22,23). The lowest BCUT2D eigenvalue weighted by Gasteiger charge is -2.08. The molecule has 0 radical (unpaired) electrons. The maximum atomic E-state index is 12.7. The molecule has 0 saturated heterocycles. The number of aromatic carboxylic acids is 1. The Morgan fingerprint density at radius 3 is 2.80 bits per heavy atom. The Kier molecular flexibility index (Phi) is 4.61. The Bertz CT molecular complexity index is 1010. The van der Waals surface area contributed by atoms with Gasteiger partial charge in [-0.2, -0.15) is 0 Å². The van der Waals surface area contributed by atoms with Crippen molar-refractivity contribution < 1.29 is 19.1 Å². The number of hydrogen-bond acceptors (Lipinski definition) is 5. The van der Waals surface area contributed by atoms with Crippen molar-refractivity contribution in [3.8, 4) is 5.75 Å². The molecule has 3 aromatic rings. The van der Waals surface area contributed by atoms with E-state index in [0.29, 0.717) is 11.3 Å². The molecule has 0 fully saturated rings. The molecule has 126 valence electrons. The zero-order valence-electron chi connectivity index (χ0n) is 13.4. The van der Waals surface area contributed by atoms with Crippen molar-refractivity contribution in [3.05, 3.63) is 69.8 Å². The molecule has 0 unspecified atom stereocenters. The summed E-state index contributed by atoms with van der Waals surface area (Å²) in [7, 11) is 0. The summed E-state index contributed by atoms with van der Waals surface area (Å²) >= 11 is 0. The van der Waals surface area contributed by atoms with E-state index in [-0.39, 0.29) is 29.1 Å². The topological polar surface area (TPSA) is 89.6 Å². The molecule has 6 nitrogen and oxygen atoms in total. The first-order valence-corrected chi connectivity index (χ1v) is 7.66. The summed E-state index contributed by atoms with van der Waals surface area (Å²) in [5.74, 6) is -0.809.